The van der Waals surface area contributed by atoms with Gasteiger partial charge in [-0.25, -0.2) is 22.0 Å². The molecule has 246 valence electrons. The second-order valence-corrected chi connectivity index (χ2v) is 12.5. The number of fused-ring (bicyclic) bond motifs is 1. The zero-order valence-electron chi connectivity index (χ0n) is 26.0. The lowest BCUT2D eigenvalue weighted by atomic mass is 10.1. The van der Waals surface area contributed by atoms with Crippen LogP contribution in [0.5, 0.6) is 5.75 Å². The maximum atomic E-state index is 13.9. The largest absolute Gasteiger partial charge is 0.492 e. The molecule has 0 unspecified atom stereocenters. The Labute approximate surface area is 265 Å². The molecule has 0 saturated carbocycles. The second kappa shape index (κ2) is 14.7. The van der Waals surface area contributed by atoms with Gasteiger partial charge in [0.1, 0.15) is 24.0 Å². The highest BCUT2D eigenvalue weighted by Crippen LogP contribution is 2.31. The molecule has 1 aromatic heterocycles. The molecule has 4 aromatic rings. The number of rotatable bonds is 13. The molecule has 3 aromatic carbocycles. The standard InChI is InChI=1S/C31H35F2N5O7S/c1-6-44-31(40)38-28-10-8-23(46(41,42)24-14-20(32)13-21(33)15-24)17-26(28)29(36-38)35-30(39)25-9-7-22(45-12-11-37(3)4)16-27(25)34-19(2)18-43-5/h7-10,13-17,19,34H,6,11-12,18H2,1-5H3,(H,35,36,39)/t19-/m0/s1. The molecule has 1 amide bonds. The molecule has 0 aliphatic rings. The van der Waals surface area contributed by atoms with Gasteiger partial charge in [-0.3, -0.25) is 4.79 Å². The summed E-state index contributed by atoms with van der Waals surface area (Å²) in [5, 5.41) is 10.2. The van der Waals surface area contributed by atoms with E-state index in [0.29, 0.717) is 49.4 Å². The van der Waals surface area contributed by atoms with Crippen molar-refractivity contribution in [2.45, 2.75) is 29.7 Å². The van der Waals surface area contributed by atoms with Crippen LogP contribution in [-0.2, 0) is 19.3 Å². The Bertz CT molecular complexity index is 1830. The summed E-state index contributed by atoms with van der Waals surface area (Å²) < 4.78 is 71.5. The fraction of sp³-hybridized carbons (Fsp3) is 0.323. The Balaban J connectivity index is 1.77. The fourth-order valence-electron chi connectivity index (χ4n) is 4.51. The topological polar surface area (TPSA) is 141 Å². The predicted octanol–water partition coefficient (Wildman–Crippen LogP) is 4.79. The number of hydrogen-bond donors (Lipinski definition) is 2. The van der Waals surface area contributed by atoms with Crippen LogP contribution in [0.4, 0.5) is 25.1 Å². The van der Waals surface area contributed by atoms with Gasteiger partial charge in [-0.2, -0.15) is 4.68 Å². The maximum absolute atomic E-state index is 13.9. The summed E-state index contributed by atoms with van der Waals surface area (Å²) in [4.78, 5) is 27.5. The molecule has 0 spiro atoms. The van der Waals surface area contributed by atoms with Crippen LogP contribution < -0.4 is 15.4 Å². The van der Waals surface area contributed by atoms with E-state index >= 15 is 0 Å². The molecule has 1 atom stereocenters. The highest BCUT2D eigenvalue weighted by atomic mass is 32.2. The lowest BCUT2D eigenvalue weighted by Gasteiger charge is -2.19. The number of likely N-dealkylation sites (N-methyl/N-ethyl adjacent to an activating group) is 1. The first-order chi connectivity index (χ1) is 21.8. The zero-order chi connectivity index (χ0) is 33.6. The van der Waals surface area contributed by atoms with E-state index in [4.69, 9.17) is 14.2 Å². The van der Waals surface area contributed by atoms with Gasteiger partial charge in [0, 0.05) is 37.2 Å². The number of methoxy groups -OCH3 is 1. The summed E-state index contributed by atoms with van der Waals surface area (Å²) >= 11 is 0. The van der Waals surface area contributed by atoms with Crippen molar-refractivity contribution in [1.82, 2.24) is 14.7 Å². The molecule has 0 saturated heterocycles. The van der Waals surface area contributed by atoms with Crippen LogP contribution in [0, 0.1) is 11.6 Å². The monoisotopic (exact) mass is 659 g/mol. The minimum Gasteiger partial charge on any atom is -0.492 e. The minimum atomic E-state index is -4.42. The first-order valence-electron chi connectivity index (χ1n) is 14.2. The SMILES string of the molecule is CCOC(=O)n1nc(NC(=O)c2ccc(OCCN(C)C)cc2N[C@@H](C)COC)c2cc(S(=O)(=O)c3cc(F)cc(F)c3)ccc21. The third-order valence-corrected chi connectivity index (χ3v) is 8.37. The predicted molar refractivity (Wildman–Crippen MR) is 167 cm³/mol. The highest BCUT2D eigenvalue weighted by molar-refractivity contribution is 7.91. The Kier molecular flexibility index (Phi) is 10.9. The second-order valence-electron chi connectivity index (χ2n) is 10.6. The number of amides is 1. The van der Waals surface area contributed by atoms with Gasteiger partial charge >= 0.3 is 6.09 Å². The minimum absolute atomic E-state index is 0.0249. The molecule has 0 bridgehead atoms. The van der Waals surface area contributed by atoms with Crippen molar-refractivity contribution < 1.29 is 41.0 Å². The summed E-state index contributed by atoms with van der Waals surface area (Å²) in [6.07, 6.45) is -0.870. The third-order valence-electron chi connectivity index (χ3n) is 6.64. The molecule has 2 N–H and O–H groups in total. The van der Waals surface area contributed by atoms with Gasteiger partial charge < -0.3 is 29.7 Å². The quantitative estimate of drug-likeness (QED) is 0.206. The number of sulfone groups is 1. The molecule has 12 nitrogen and oxygen atoms in total. The molecule has 1 heterocycles. The van der Waals surface area contributed by atoms with E-state index in [9.17, 15) is 26.8 Å². The van der Waals surface area contributed by atoms with Gasteiger partial charge in [-0.15, -0.1) is 5.10 Å². The first-order valence-corrected chi connectivity index (χ1v) is 15.7. The fourth-order valence-corrected chi connectivity index (χ4v) is 5.84. The van der Waals surface area contributed by atoms with Crippen molar-refractivity contribution in [2.24, 2.45) is 0 Å². The van der Waals surface area contributed by atoms with Gasteiger partial charge in [-0.1, -0.05) is 0 Å². The van der Waals surface area contributed by atoms with Crippen molar-refractivity contribution in [3.63, 3.8) is 0 Å². The van der Waals surface area contributed by atoms with E-state index in [1.165, 1.54) is 6.07 Å². The summed E-state index contributed by atoms with van der Waals surface area (Å²) in [5.41, 5.74) is 0.741. The van der Waals surface area contributed by atoms with Crippen molar-refractivity contribution in [1.29, 1.82) is 0 Å². The van der Waals surface area contributed by atoms with Crippen molar-refractivity contribution in [3.05, 3.63) is 71.8 Å². The van der Waals surface area contributed by atoms with Gasteiger partial charge in [0.2, 0.25) is 9.84 Å². The number of aromatic nitrogens is 2. The van der Waals surface area contributed by atoms with Crippen LogP contribution in [0.3, 0.4) is 0 Å². The molecule has 0 radical (unpaired) electrons. The van der Waals surface area contributed by atoms with Crippen LogP contribution in [0.25, 0.3) is 10.9 Å². The number of anilines is 2. The van der Waals surface area contributed by atoms with Crippen LogP contribution >= 0.6 is 0 Å². The molecule has 0 aliphatic heterocycles. The van der Waals surface area contributed by atoms with Gasteiger partial charge in [0.05, 0.1) is 39.8 Å². The normalized spacial score (nSPS) is 12.3. The highest BCUT2D eigenvalue weighted by Gasteiger charge is 2.25. The molecule has 0 aliphatic carbocycles. The Morgan fingerprint density at radius 2 is 1.74 bits per heavy atom. The average molecular weight is 660 g/mol. The average Bonchev–Trinajstić information content (AvgIpc) is 3.34. The van der Waals surface area contributed by atoms with Crippen molar-refractivity contribution in [3.8, 4) is 5.75 Å². The maximum Gasteiger partial charge on any atom is 0.435 e. The van der Waals surface area contributed by atoms with E-state index in [-0.39, 0.29) is 39.8 Å². The number of carbonyl (C=O) groups excluding carboxylic acids is 2. The zero-order valence-corrected chi connectivity index (χ0v) is 26.8. The molecule has 15 heteroatoms. The number of hydrogen-bond acceptors (Lipinski definition) is 10. The Morgan fingerprint density at radius 3 is 2.39 bits per heavy atom. The van der Waals surface area contributed by atoms with Crippen LogP contribution in [0.15, 0.2) is 64.4 Å². The van der Waals surface area contributed by atoms with Crippen molar-refractivity contribution >= 4 is 44.2 Å². The van der Waals surface area contributed by atoms with Crippen LogP contribution in [0.2, 0.25) is 0 Å². The van der Waals surface area contributed by atoms with Gasteiger partial charge in [0.25, 0.3) is 5.91 Å². The lowest BCUT2D eigenvalue weighted by molar-refractivity contribution is 0.102. The van der Waals surface area contributed by atoms with Crippen LogP contribution in [-0.4, -0.2) is 88.7 Å². The smallest absolute Gasteiger partial charge is 0.435 e. The Hall–Kier alpha value is -4.60. The van der Waals surface area contributed by atoms with Crippen LogP contribution in [0.1, 0.15) is 24.2 Å². The number of ether oxygens (including phenoxy) is 3. The lowest BCUT2D eigenvalue weighted by Crippen LogP contribution is -2.24. The number of carbonyl (C=O) groups is 2. The van der Waals surface area contributed by atoms with Gasteiger partial charge in [-0.05, 0) is 70.4 Å². The van der Waals surface area contributed by atoms with E-state index in [2.05, 4.69) is 15.7 Å². The summed E-state index contributed by atoms with van der Waals surface area (Å²) in [7, 11) is 0.969. The number of benzene rings is 3. The summed E-state index contributed by atoms with van der Waals surface area (Å²) in [5.74, 6) is -2.41. The molecular weight excluding hydrogens is 624 g/mol. The molecular formula is C31H35F2N5O7S. The molecule has 0 fully saturated rings. The summed E-state index contributed by atoms with van der Waals surface area (Å²) in [6, 6.07) is 10.2. The van der Waals surface area contributed by atoms with E-state index in [1.807, 2.05) is 25.9 Å². The van der Waals surface area contributed by atoms with Crippen molar-refractivity contribution in [2.75, 3.05) is 58.2 Å². The van der Waals surface area contributed by atoms with E-state index in [0.717, 1.165) is 16.8 Å². The first kappa shape index (κ1) is 34.3. The molecule has 4 rings (SSSR count). The van der Waals surface area contributed by atoms with E-state index < -0.39 is 38.4 Å². The summed E-state index contributed by atoms with van der Waals surface area (Å²) in [6.45, 7) is 4.92. The number of nitrogens with one attached hydrogen (secondary N) is 2. The van der Waals surface area contributed by atoms with E-state index in [1.54, 1.807) is 32.2 Å². The third kappa shape index (κ3) is 7.97. The number of halogens is 2. The molecule has 46 heavy (non-hydrogen) atoms. The number of nitrogens with zero attached hydrogens (tertiary/aromatic N) is 3. The Morgan fingerprint density at radius 1 is 1.02 bits per heavy atom. The van der Waals surface area contributed by atoms with Gasteiger partial charge in [0.15, 0.2) is 5.82 Å².